The molecule has 0 aliphatic heterocycles. The number of carbonyl (C=O) groups excluding carboxylic acids is 2. The van der Waals surface area contributed by atoms with Gasteiger partial charge in [-0.3, -0.25) is 0 Å². The van der Waals surface area contributed by atoms with Crippen LogP contribution in [-0.2, 0) is 9.47 Å². The molecule has 0 amide bonds. The van der Waals surface area contributed by atoms with Gasteiger partial charge in [-0.2, -0.15) is 0 Å². The number of H-pyrrole nitrogens is 1. The standard InChI is InChI=1S/C15H13N3O5/c1-6-16-12-10(19)5-8-11(13(12)17-6)7(14(20)22-2)4-9(18-8)15(21)23-3/h4-5,18-19H,1-3H3. The zero-order valence-corrected chi connectivity index (χ0v) is 12.6. The quantitative estimate of drug-likeness (QED) is 0.692. The summed E-state index contributed by atoms with van der Waals surface area (Å²) in [6, 6.07) is 2.71. The number of hydrogen-bond acceptors (Lipinski definition) is 7. The van der Waals surface area contributed by atoms with Crippen molar-refractivity contribution in [2.24, 2.45) is 0 Å². The van der Waals surface area contributed by atoms with Crippen LogP contribution < -0.4 is 0 Å². The molecule has 0 atom stereocenters. The third kappa shape index (κ3) is 2.24. The molecular formula is C15H13N3O5. The molecule has 2 heterocycles. The molecule has 0 unspecified atom stereocenters. The van der Waals surface area contributed by atoms with Gasteiger partial charge in [0.1, 0.15) is 28.3 Å². The molecule has 0 fully saturated rings. The number of rotatable bonds is 2. The van der Waals surface area contributed by atoms with Gasteiger partial charge in [0.05, 0.1) is 25.3 Å². The van der Waals surface area contributed by atoms with E-state index in [1.807, 2.05) is 0 Å². The fraction of sp³-hybridized carbons (Fsp3) is 0.200. The van der Waals surface area contributed by atoms with Gasteiger partial charge in [-0.1, -0.05) is 0 Å². The molecule has 8 nitrogen and oxygen atoms in total. The van der Waals surface area contributed by atoms with Crippen LogP contribution in [0.3, 0.4) is 0 Å². The van der Waals surface area contributed by atoms with Gasteiger partial charge in [-0.05, 0) is 13.0 Å². The molecule has 0 saturated carbocycles. The Bertz CT molecular complexity index is 961. The lowest BCUT2D eigenvalue weighted by Crippen LogP contribution is -2.10. The SMILES string of the molecule is COC(=O)c1cc(C(=O)OC)c2c(cc(O)c3nc(C)nc32)[nH]1. The van der Waals surface area contributed by atoms with Crippen molar-refractivity contribution in [3.05, 3.63) is 29.2 Å². The number of pyridine rings is 1. The number of hydrogen-bond donors (Lipinski definition) is 2. The number of esters is 2. The number of aryl methyl sites for hydroxylation is 1. The van der Waals surface area contributed by atoms with Crippen molar-refractivity contribution in [2.45, 2.75) is 6.92 Å². The molecule has 8 heteroatoms. The van der Waals surface area contributed by atoms with Gasteiger partial charge >= 0.3 is 11.9 Å². The number of methoxy groups -OCH3 is 2. The van der Waals surface area contributed by atoms with Crippen LogP contribution in [0.5, 0.6) is 5.75 Å². The van der Waals surface area contributed by atoms with Gasteiger partial charge in [0.15, 0.2) is 0 Å². The predicted octanol–water partition coefficient (Wildman–Crippen LogP) is 1.70. The second-order valence-electron chi connectivity index (χ2n) is 4.87. The fourth-order valence-electron chi connectivity index (χ4n) is 2.47. The molecule has 0 radical (unpaired) electrons. The van der Waals surface area contributed by atoms with Crippen molar-refractivity contribution < 1.29 is 24.2 Å². The van der Waals surface area contributed by atoms with E-state index in [0.29, 0.717) is 22.2 Å². The zero-order valence-electron chi connectivity index (χ0n) is 12.6. The van der Waals surface area contributed by atoms with E-state index < -0.39 is 11.9 Å². The average Bonchev–Trinajstić information content (AvgIpc) is 2.94. The molecule has 0 bridgehead atoms. The second kappa shape index (κ2) is 5.24. The molecule has 0 aliphatic rings. The maximum absolute atomic E-state index is 12.1. The maximum Gasteiger partial charge on any atom is 0.354 e. The first kappa shape index (κ1) is 14.8. The lowest BCUT2D eigenvalue weighted by atomic mass is 10.1. The Balaban J connectivity index is 2.49. The van der Waals surface area contributed by atoms with Crippen LogP contribution in [-0.4, -0.2) is 46.2 Å². The first-order valence-corrected chi connectivity index (χ1v) is 6.66. The number of nitrogens with one attached hydrogen (secondary N) is 1. The summed E-state index contributed by atoms with van der Waals surface area (Å²) in [7, 11) is 2.47. The van der Waals surface area contributed by atoms with Crippen molar-refractivity contribution in [2.75, 3.05) is 14.2 Å². The van der Waals surface area contributed by atoms with Gasteiger partial charge in [0.2, 0.25) is 0 Å². The summed E-state index contributed by atoms with van der Waals surface area (Å²) >= 11 is 0. The molecule has 23 heavy (non-hydrogen) atoms. The van der Waals surface area contributed by atoms with Crippen LogP contribution in [0.4, 0.5) is 0 Å². The largest absolute Gasteiger partial charge is 0.506 e. The zero-order chi connectivity index (χ0) is 16.7. The third-order valence-corrected chi connectivity index (χ3v) is 3.44. The Hall–Kier alpha value is -3.16. The highest BCUT2D eigenvalue weighted by molar-refractivity contribution is 6.16. The summed E-state index contributed by atoms with van der Waals surface area (Å²) in [4.78, 5) is 35.1. The van der Waals surface area contributed by atoms with Crippen molar-refractivity contribution in [1.82, 2.24) is 15.0 Å². The van der Waals surface area contributed by atoms with Crippen molar-refractivity contribution in [3.8, 4) is 5.75 Å². The van der Waals surface area contributed by atoms with Gasteiger partial charge in [-0.15, -0.1) is 0 Å². The lowest BCUT2D eigenvalue weighted by molar-refractivity contribution is 0.0594. The minimum absolute atomic E-state index is 0.0513. The van der Waals surface area contributed by atoms with Crippen molar-refractivity contribution in [3.63, 3.8) is 0 Å². The summed E-state index contributed by atoms with van der Waals surface area (Å²) in [5.41, 5.74) is 1.16. The smallest absolute Gasteiger partial charge is 0.354 e. The second-order valence-corrected chi connectivity index (χ2v) is 4.87. The number of ether oxygens (including phenoxy) is 2. The van der Waals surface area contributed by atoms with E-state index in [1.54, 1.807) is 6.92 Å². The molecule has 0 spiro atoms. The number of nitrogens with zero attached hydrogens (tertiary/aromatic N) is 2. The monoisotopic (exact) mass is 315 g/mol. The Kier molecular flexibility index (Phi) is 3.36. The van der Waals surface area contributed by atoms with Crippen LogP contribution in [0.1, 0.15) is 26.7 Å². The van der Waals surface area contributed by atoms with Gasteiger partial charge in [0.25, 0.3) is 0 Å². The van der Waals surface area contributed by atoms with Crippen LogP contribution >= 0.6 is 0 Å². The van der Waals surface area contributed by atoms with Crippen LogP contribution in [0.15, 0.2) is 12.1 Å². The van der Waals surface area contributed by atoms with Crippen LogP contribution in [0, 0.1) is 6.92 Å². The van der Waals surface area contributed by atoms with Crippen LogP contribution in [0.25, 0.3) is 21.9 Å². The predicted molar refractivity (Wildman–Crippen MR) is 80.5 cm³/mol. The Labute approximate surface area is 130 Å². The minimum atomic E-state index is -0.651. The molecule has 3 rings (SSSR count). The van der Waals surface area contributed by atoms with Gasteiger partial charge in [0, 0.05) is 11.5 Å². The van der Waals surface area contributed by atoms with E-state index in [2.05, 4.69) is 19.7 Å². The highest BCUT2D eigenvalue weighted by Gasteiger charge is 2.21. The molecular weight excluding hydrogens is 302 g/mol. The Morgan fingerprint density at radius 3 is 2.39 bits per heavy atom. The molecule has 3 aromatic rings. The summed E-state index contributed by atoms with van der Waals surface area (Å²) < 4.78 is 9.45. The summed E-state index contributed by atoms with van der Waals surface area (Å²) in [5, 5.41) is 10.5. The normalized spacial score (nSPS) is 10.9. The van der Waals surface area contributed by atoms with E-state index in [9.17, 15) is 14.7 Å². The molecule has 1 aromatic carbocycles. The third-order valence-electron chi connectivity index (χ3n) is 3.44. The molecule has 2 aromatic heterocycles. The summed E-state index contributed by atoms with van der Waals surface area (Å²) in [5.74, 6) is -0.943. The molecule has 0 saturated heterocycles. The number of imidazole rings is 1. The number of phenols is 1. The fourth-order valence-corrected chi connectivity index (χ4v) is 2.47. The Morgan fingerprint density at radius 1 is 1.09 bits per heavy atom. The number of aromatic hydroxyl groups is 1. The van der Waals surface area contributed by atoms with E-state index in [4.69, 9.17) is 4.74 Å². The summed E-state index contributed by atoms with van der Waals surface area (Å²) in [6.07, 6.45) is 0. The van der Waals surface area contributed by atoms with Crippen LogP contribution in [0.2, 0.25) is 0 Å². The topological polar surface area (TPSA) is 114 Å². The van der Waals surface area contributed by atoms with Crippen molar-refractivity contribution >= 4 is 33.9 Å². The number of carbonyl (C=O) groups is 2. The highest BCUT2D eigenvalue weighted by Crippen LogP contribution is 2.33. The Morgan fingerprint density at radius 2 is 1.74 bits per heavy atom. The van der Waals surface area contributed by atoms with Crippen molar-refractivity contribution in [1.29, 1.82) is 0 Å². The van der Waals surface area contributed by atoms with Gasteiger partial charge < -0.3 is 19.6 Å². The molecule has 2 N–H and O–H groups in total. The average molecular weight is 315 g/mol. The number of phenolic OH excluding ortho intramolecular Hbond substituents is 1. The van der Waals surface area contributed by atoms with E-state index in [0.717, 1.165) is 0 Å². The first-order chi connectivity index (χ1) is 11.0. The van der Waals surface area contributed by atoms with E-state index >= 15 is 0 Å². The number of aromatic amines is 1. The van der Waals surface area contributed by atoms with E-state index in [-0.39, 0.29) is 22.5 Å². The molecule has 118 valence electrons. The number of aromatic nitrogens is 3. The highest BCUT2D eigenvalue weighted by atomic mass is 16.5. The van der Waals surface area contributed by atoms with E-state index in [1.165, 1.54) is 26.4 Å². The minimum Gasteiger partial charge on any atom is -0.506 e. The molecule has 0 aliphatic carbocycles. The lowest BCUT2D eigenvalue weighted by Gasteiger charge is -2.09. The first-order valence-electron chi connectivity index (χ1n) is 6.66. The van der Waals surface area contributed by atoms with Gasteiger partial charge in [-0.25, -0.2) is 19.6 Å². The maximum atomic E-state index is 12.1. The number of benzene rings is 1. The number of fused-ring (bicyclic) bond motifs is 3. The summed E-state index contributed by atoms with van der Waals surface area (Å²) in [6.45, 7) is 1.68.